The molecule has 0 aliphatic carbocycles. The van der Waals surface area contributed by atoms with Crippen molar-refractivity contribution >= 4 is 21.9 Å². The number of benzene rings is 2. The zero-order valence-corrected chi connectivity index (χ0v) is 10.5. The molecular weight excluding hydrogens is 266 g/mol. The van der Waals surface area contributed by atoms with Crippen LogP contribution in [0.1, 0.15) is 0 Å². The van der Waals surface area contributed by atoms with Crippen LogP contribution in [-0.2, 0) is 14.9 Å². The van der Waals surface area contributed by atoms with Crippen molar-refractivity contribution in [1.82, 2.24) is 0 Å². The van der Waals surface area contributed by atoms with E-state index >= 15 is 0 Å². The van der Waals surface area contributed by atoms with E-state index in [-0.39, 0.29) is 16.1 Å². The summed E-state index contributed by atoms with van der Waals surface area (Å²) >= 11 is 0. The van der Waals surface area contributed by atoms with Gasteiger partial charge in [0.25, 0.3) is 10.1 Å². The van der Waals surface area contributed by atoms with Crippen LogP contribution in [0.4, 0.5) is 5.69 Å². The Hall–Kier alpha value is -2.27. The molecule has 6 heteroatoms. The van der Waals surface area contributed by atoms with E-state index in [9.17, 15) is 17.8 Å². The third-order valence-corrected chi connectivity index (χ3v) is 3.41. The monoisotopic (exact) mass is 275 g/mol. The molecule has 19 heavy (non-hydrogen) atoms. The highest BCUT2D eigenvalue weighted by atomic mass is 32.2. The highest BCUT2D eigenvalue weighted by molar-refractivity contribution is 7.86. The molecule has 2 aromatic rings. The van der Waals surface area contributed by atoms with E-state index in [1.165, 1.54) is 24.3 Å². The van der Waals surface area contributed by atoms with Gasteiger partial charge in [0.1, 0.15) is 4.90 Å². The molecule has 5 nitrogen and oxygen atoms in total. The van der Waals surface area contributed by atoms with E-state index in [1.807, 2.05) is 0 Å². The first kappa shape index (κ1) is 13.2. The van der Waals surface area contributed by atoms with Gasteiger partial charge in [-0.1, -0.05) is 36.4 Å². The van der Waals surface area contributed by atoms with Crippen molar-refractivity contribution in [3.05, 3.63) is 48.5 Å². The lowest BCUT2D eigenvalue weighted by Gasteiger charge is -2.09. The van der Waals surface area contributed by atoms with Crippen molar-refractivity contribution in [1.29, 1.82) is 0 Å². The van der Waals surface area contributed by atoms with E-state index in [0.717, 1.165) is 0 Å². The van der Waals surface area contributed by atoms with Crippen LogP contribution in [0.25, 0.3) is 11.1 Å². The van der Waals surface area contributed by atoms with Gasteiger partial charge in [0.05, 0.1) is 5.69 Å². The van der Waals surface area contributed by atoms with Crippen LogP contribution in [0.15, 0.2) is 58.4 Å². The van der Waals surface area contributed by atoms with Crippen molar-refractivity contribution in [2.45, 2.75) is 4.90 Å². The number of aliphatic imine (C=N–C) groups is 1. The topological polar surface area (TPSA) is 83.8 Å². The molecule has 1 N–H and O–H groups in total. The van der Waals surface area contributed by atoms with Crippen molar-refractivity contribution in [3.63, 3.8) is 0 Å². The van der Waals surface area contributed by atoms with E-state index in [0.29, 0.717) is 5.56 Å². The minimum Gasteiger partial charge on any atom is -0.282 e. The fourth-order valence-corrected chi connectivity index (χ4v) is 2.50. The number of hydrogen-bond donors (Lipinski definition) is 1. The molecule has 0 spiro atoms. The van der Waals surface area contributed by atoms with Crippen molar-refractivity contribution in [2.24, 2.45) is 4.99 Å². The molecule has 0 heterocycles. The molecule has 2 aromatic carbocycles. The van der Waals surface area contributed by atoms with Gasteiger partial charge < -0.3 is 0 Å². The first-order chi connectivity index (χ1) is 9.04. The summed E-state index contributed by atoms with van der Waals surface area (Å²) in [6, 6.07) is 12.6. The molecule has 0 aromatic heterocycles. The van der Waals surface area contributed by atoms with Crippen LogP contribution in [0.2, 0.25) is 0 Å². The van der Waals surface area contributed by atoms with Crippen molar-refractivity contribution in [3.8, 4) is 11.1 Å². The molecule has 2 rings (SSSR count). The second-order valence-electron chi connectivity index (χ2n) is 3.69. The third-order valence-electron chi connectivity index (χ3n) is 2.51. The van der Waals surface area contributed by atoms with E-state index in [4.69, 9.17) is 0 Å². The first-order valence-corrected chi connectivity index (χ1v) is 6.72. The highest BCUT2D eigenvalue weighted by Gasteiger charge is 2.19. The average molecular weight is 275 g/mol. The smallest absolute Gasteiger partial charge is 0.282 e. The maximum Gasteiger partial charge on any atom is 0.295 e. The summed E-state index contributed by atoms with van der Waals surface area (Å²) in [4.78, 5) is 13.6. The lowest BCUT2D eigenvalue weighted by atomic mass is 10.0. The van der Waals surface area contributed by atoms with Crippen LogP contribution in [0.5, 0.6) is 0 Å². The SMILES string of the molecule is O=C=Nc1cccc(S(=O)(=O)O)c1-c1ccccc1. The van der Waals surface area contributed by atoms with E-state index in [1.54, 1.807) is 30.3 Å². The van der Waals surface area contributed by atoms with Gasteiger partial charge in [0.15, 0.2) is 0 Å². The summed E-state index contributed by atoms with van der Waals surface area (Å²) in [5, 5.41) is 0. The molecule has 0 saturated heterocycles. The average Bonchev–Trinajstić information content (AvgIpc) is 2.39. The zero-order chi connectivity index (χ0) is 13.9. The quantitative estimate of drug-likeness (QED) is 0.530. The number of isocyanates is 1. The van der Waals surface area contributed by atoms with Gasteiger partial charge in [-0.25, -0.2) is 4.79 Å². The predicted octanol–water partition coefficient (Wildman–Crippen LogP) is 2.57. The Morgan fingerprint density at radius 1 is 1.00 bits per heavy atom. The van der Waals surface area contributed by atoms with Crippen molar-refractivity contribution < 1.29 is 17.8 Å². The molecule has 0 aliphatic rings. The van der Waals surface area contributed by atoms with Crippen LogP contribution in [0.3, 0.4) is 0 Å². The lowest BCUT2D eigenvalue weighted by molar-refractivity contribution is 0.483. The fourth-order valence-electron chi connectivity index (χ4n) is 1.77. The van der Waals surface area contributed by atoms with E-state index in [2.05, 4.69) is 4.99 Å². The molecule has 0 unspecified atom stereocenters. The minimum absolute atomic E-state index is 0.135. The maximum atomic E-state index is 11.4. The van der Waals surface area contributed by atoms with Crippen LogP contribution >= 0.6 is 0 Å². The number of nitrogens with zero attached hydrogens (tertiary/aromatic N) is 1. The molecule has 0 amide bonds. The number of carbonyl (C=O) groups excluding carboxylic acids is 1. The van der Waals surface area contributed by atoms with Gasteiger partial charge in [0.2, 0.25) is 6.08 Å². The Balaban J connectivity index is 2.85. The van der Waals surface area contributed by atoms with E-state index < -0.39 is 10.1 Å². The standard InChI is InChI=1S/C13H9NO4S/c15-9-14-11-7-4-8-12(19(16,17)18)13(11)10-5-2-1-3-6-10/h1-8H,(H,16,17,18). The summed E-state index contributed by atoms with van der Waals surface area (Å²) in [5.74, 6) is 0. The van der Waals surface area contributed by atoms with Crippen LogP contribution < -0.4 is 0 Å². The predicted molar refractivity (Wildman–Crippen MR) is 69.5 cm³/mol. The summed E-state index contributed by atoms with van der Waals surface area (Å²) in [5.41, 5.74) is 0.843. The molecule has 0 aliphatic heterocycles. The normalized spacial score (nSPS) is 10.8. The van der Waals surface area contributed by atoms with Crippen molar-refractivity contribution in [2.75, 3.05) is 0 Å². The Labute approximate surface area is 110 Å². The highest BCUT2D eigenvalue weighted by Crippen LogP contribution is 2.35. The summed E-state index contributed by atoms with van der Waals surface area (Å²) < 4.78 is 32.1. The molecular formula is C13H9NO4S. The molecule has 0 fully saturated rings. The number of rotatable bonds is 3. The zero-order valence-electron chi connectivity index (χ0n) is 9.65. The lowest BCUT2D eigenvalue weighted by Crippen LogP contribution is -2.00. The van der Waals surface area contributed by atoms with Gasteiger partial charge in [0, 0.05) is 5.56 Å². The van der Waals surface area contributed by atoms with Crippen LogP contribution in [0, 0.1) is 0 Å². The van der Waals surface area contributed by atoms with Gasteiger partial charge in [-0.2, -0.15) is 13.4 Å². The van der Waals surface area contributed by atoms with Gasteiger partial charge >= 0.3 is 0 Å². The maximum absolute atomic E-state index is 11.4. The molecule has 0 bridgehead atoms. The second kappa shape index (κ2) is 5.16. The fraction of sp³-hybridized carbons (Fsp3) is 0. The largest absolute Gasteiger partial charge is 0.295 e. The molecule has 0 saturated carbocycles. The summed E-state index contributed by atoms with van der Waals surface area (Å²) in [6.45, 7) is 0. The third kappa shape index (κ3) is 2.77. The summed E-state index contributed by atoms with van der Waals surface area (Å²) in [6.07, 6.45) is 1.37. The molecule has 96 valence electrons. The Morgan fingerprint density at radius 3 is 2.26 bits per heavy atom. The van der Waals surface area contributed by atoms with Crippen LogP contribution in [-0.4, -0.2) is 19.1 Å². The summed E-state index contributed by atoms with van der Waals surface area (Å²) in [7, 11) is -4.41. The van der Waals surface area contributed by atoms with Gasteiger partial charge in [-0.15, -0.1) is 0 Å². The second-order valence-corrected chi connectivity index (χ2v) is 5.08. The minimum atomic E-state index is -4.41. The Morgan fingerprint density at radius 2 is 1.68 bits per heavy atom. The van der Waals surface area contributed by atoms with Gasteiger partial charge in [-0.05, 0) is 17.7 Å². The Bertz CT molecular complexity index is 747. The molecule has 0 radical (unpaired) electrons. The molecule has 0 atom stereocenters. The first-order valence-electron chi connectivity index (χ1n) is 5.28. The number of hydrogen-bond acceptors (Lipinski definition) is 4. The van der Waals surface area contributed by atoms with Gasteiger partial charge in [-0.3, -0.25) is 4.55 Å². The Kier molecular flexibility index (Phi) is 3.57.